The van der Waals surface area contributed by atoms with Gasteiger partial charge in [0, 0.05) is 6.04 Å². The van der Waals surface area contributed by atoms with Gasteiger partial charge in [0.15, 0.2) is 0 Å². The monoisotopic (exact) mass is 190 g/mol. The Morgan fingerprint density at radius 2 is 1.93 bits per heavy atom. The second-order valence-electron chi connectivity index (χ2n) is 4.03. The summed E-state index contributed by atoms with van der Waals surface area (Å²) in [5.74, 6) is 0.803. The van der Waals surface area contributed by atoms with E-state index in [2.05, 4.69) is 11.2 Å². The molecule has 0 spiro atoms. The zero-order valence-electron chi connectivity index (χ0n) is 8.35. The van der Waals surface area contributed by atoms with Crippen molar-refractivity contribution in [3.05, 3.63) is 0 Å². The maximum atomic E-state index is 10.6. The van der Waals surface area contributed by atoms with Crippen LogP contribution in [0.2, 0.25) is 0 Å². The number of carbonyl (C=O) groups excluding carboxylic acids is 1. The Balaban J connectivity index is 0.000000490. The van der Waals surface area contributed by atoms with Crippen molar-refractivity contribution >= 4 is 6.29 Å². The number of hydrogen-bond donors (Lipinski definition) is 0. The topological polar surface area (TPSA) is 59.3 Å². The van der Waals surface area contributed by atoms with E-state index in [0.717, 1.165) is 19.1 Å². The number of rotatable bonds is 3. The van der Waals surface area contributed by atoms with Crippen molar-refractivity contribution in [1.29, 1.82) is 0 Å². The first-order valence-electron chi connectivity index (χ1n) is 4.64. The first kappa shape index (κ1) is 12.2. The van der Waals surface area contributed by atoms with Gasteiger partial charge in [0.25, 0.3) is 0 Å². The van der Waals surface area contributed by atoms with Crippen LogP contribution in [0.25, 0.3) is 0 Å². The Bertz CT molecular complexity index is 218. The van der Waals surface area contributed by atoms with Crippen molar-refractivity contribution in [2.45, 2.75) is 31.0 Å². The molecule has 5 heteroatoms. The van der Waals surface area contributed by atoms with Crippen LogP contribution in [-0.2, 0) is 9.53 Å². The Hall–Kier alpha value is 0.147. The molecule has 2 saturated heterocycles. The zero-order chi connectivity index (χ0) is 8.13. The minimum atomic E-state index is 0. The fourth-order valence-corrected chi connectivity index (χ4v) is 2.20. The van der Waals surface area contributed by atoms with Gasteiger partial charge in [-0.1, -0.05) is 6.04 Å². The molecular formula is C9H13LiNO3-. The molecule has 1 N–H and O–H groups in total. The molecule has 1 aliphatic carbocycles. The van der Waals surface area contributed by atoms with E-state index >= 15 is 0 Å². The van der Waals surface area contributed by atoms with Crippen LogP contribution in [-0.4, -0.2) is 48.0 Å². The third kappa shape index (κ3) is 1.78. The van der Waals surface area contributed by atoms with Crippen LogP contribution in [0.4, 0.5) is 0 Å². The minimum Gasteiger partial charge on any atom is -0.870 e. The average Bonchev–Trinajstić information content (AvgIpc) is 2.74. The molecule has 4 nitrogen and oxygen atoms in total. The number of hydrogen-bond acceptors (Lipinski definition) is 4. The zero-order valence-corrected chi connectivity index (χ0v) is 8.35. The molecule has 0 aromatic heterocycles. The van der Waals surface area contributed by atoms with Crippen LogP contribution in [0.1, 0.15) is 12.8 Å². The smallest absolute Gasteiger partial charge is 0.870 e. The van der Waals surface area contributed by atoms with Crippen molar-refractivity contribution in [3.63, 3.8) is 0 Å². The van der Waals surface area contributed by atoms with Gasteiger partial charge in [-0.25, -0.2) is 6.29 Å². The van der Waals surface area contributed by atoms with Crippen molar-refractivity contribution in [2.75, 3.05) is 13.2 Å². The second-order valence-corrected chi connectivity index (χ2v) is 4.03. The molecule has 2 aliphatic heterocycles. The summed E-state index contributed by atoms with van der Waals surface area (Å²) in [5, 5.41) is 0. The molecule has 0 aromatic rings. The molecule has 74 valence electrons. The summed E-state index contributed by atoms with van der Waals surface area (Å²) in [6, 6.07) is 1.19. The van der Waals surface area contributed by atoms with Crippen LogP contribution < -0.4 is 18.9 Å². The largest absolute Gasteiger partial charge is 1.00 e. The van der Waals surface area contributed by atoms with Gasteiger partial charge in [0.2, 0.25) is 0 Å². The fraction of sp³-hybridized carbons (Fsp3) is 0.889. The van der Waals surface area contributed by atoms with E-state index in [-0.39, 0.29) is 30.4 Å². The molecule has 1 saturated carbocycles. The molecule has 3 atom stereocenters. The van der Waals surface area contributed by atoms with E-state index in [1.165, 1.54) is 12.8 Å². The summed E-state index contributed by atoms with van der Waals surface area (Å²) in [6.45, 7) is 1.64. The molecule has 0 radical (unpaired) electrons. The Labute approximate surface area is 95.5 Å². The van der Waals surface area contributed by atoms with E-state index in [4.69, 9.17) is 4.74 Å². The summed E-state index contributed by atoms with van der Waals surface area (Å²) in [7, 11) is 0. The quantitative estimate of drug-likeness (QED) is 0.267. The Morgan fingerprint density at radius 3 is 2.29 bits per heavy atom. The fourth-order valence-electron chi connectivity index (χ4n) is 2.20. The molecule has 3 aliphatic rings. The van der Waals surface area contributed by atoms with Gasteiger partial charge in [-0.05, 0) is 18.8 Å². The molecule has 3 fully saturated rings. The SMILES string of the molecule is O=[C-][C@H]1[C@@H](C2CC2)N1C1COC1.[Li+].[OH-]. The maximum Gasteiger partial charge on any atom is 1.00 e. The molecule has 14 heavy (non-hydrogen) atoms. The van der Waals surface area contributed by atoms with Gasteiger partial charge in [-0.2, -0.15) is 0 Å². The molecule has 1 unspecified atom stereocenters. The van der Waals surface area contributed by atoms with Crippen LogP contribution in [0, 0.1) is 5.92 Å². The van der Waals surface area contributed by atoms with Gasteiger partial charge in [-0.15, -0.1) is 0 Å². The Kier molecular flexibility index (Phi) is 3.79. The molecule has 0 bridgehead atoms. The Morgan fingerprint density at radius 1 is 1.29 bits per heavy atom. The van der Waals surface area contributed by atoms with Crippen molar-refractivity contribution in [1.82, 2.24) is 4.90 Å². The van der Waals surface area contributed by atoms with Crippen LogP contribution in [0.15, 0.2) is 0 Å². The van der Waals surface area contributed by atoms with Gasteiger partial charge in [0.1, 0.15) is 0 Å². The minimum absolute atomic E-state index is 0. The van der Waals surface area contributed by atoms with Crippen LogP contribution in [0.5, 0.6) is 0 Å². The molecule has 3 rings (SSSR count). The average molecular weight is 190 g/mol. The summed E-state index contributed by atoms with van der Waals surface area (Å²) < 4.78 is 5.11. The summed E-state index contributed by atoms with van der Waals surface area (Å²) in [4.78, 5) is 12.8. The van der Waals surface area contributed by atoms with E-state index < -0.39 is 0 Å². The van der Waals surface area contributed by atoms with E-state index in [0.29, 0.717) is 12.1 Å². The third-order valence-electron chi connectivity index (χ3n) is 3.17. The summed E-state index contributed by atoms with van der Waals surface area (Å²) >= 11 is 0. The van der Waals surface area contributed by atoms with Crippen molar-refractivity contribution < 1.29 is 33.9 Å². The van der Waals surface area contributed by atoms with Crippen LogP contribution in [0.3, 0.4) is 0 Å². The molecule has 0 amide bonds. The number of ether oxygens (including phenoxy) is 1. The standard InChI is InChI=1S/C9H12NO2.Li.H2O/c11-3-8-9(6-1-2-6)10(8)7-4-12-5-7;;/h6-9H,1-2,4-5H2;;1H2/q-1;+1;/p-1/t8-,9+,10?;;/m0../s1. The van der Waals surface area contributed by atoms with Gasteiger partial charge < -0.3 is 19.9 Å². The predicted octanol–water partition coefficient (Wildman–Crippen LogP) is -3.22. The van der Waals surface area contributed by atoms with Crippen molar-refractivity contribution in [2.24, 2.45) is 5.92 Å². The molecule has 2 heterocycles. The van der Waals surface area contributed by atoms with Gasteiger partial charge >= 0.3 is 18.9 Å². The first-order chi connectivity index (χ1) is 5.92. The van der Waals surface area contributed by atoms with Crippen molar-refractivity contribution in [3.8, 4) is 0 Å². The molecule has 0 aromatic carbocycles. The van der Waals surface area contributed by atoms with Gasteiger partial charge in [-0.3, -0.25) is 0 Å². The normalized spacial score (nSPS) is 40.1. The second kappa shape index (κ2) is 4.34. The van der Waals surface area contributed by atoms with E-state index in [1.54, 1.807) is 0 Å². The number of nitrogens with zero attached hydrogens (tertiary/aromatic N) is 1. The van der Waals surface area contributed by atoms with Gasteiger partial charge in [0.05, 0.1) is 19.3 Å². The summed E-state index contributed by atoms with van der Waals surface area (Å²) in [5.41, 5.74) is 0. The third-order valence-corrected chi connectivity index (χ3v) is 3.17. The maximum absolute atomic E-state index is 10.6. The first-order valence-corrected chi connectivity index (χ1v) is 4.64. The van der Waals surface area contributed by atoms with E-state index in [9.17, 15) is 4.79 Å². The van der Waals surface area contributed by atoms with E-state index in [1.807, 2.05) is 0 Å². The summed E-state index contributed by atoms with van der Waals surface area (Å²) in [6.07, 6.45) is 4.75. The van der Waals surface area contributed by atoms with Crippen LogP contribution >= 0.6 is 0 Å². The molecular weight excluding hydrogens is 177 g/mol. The predicted molar refractivity (Wildman–Crippen MR) is 44.4 cm³/mol.